The van der Waals surface area contributed by atoms with Gasteiger partial charge in [0.15, 0.2) is 0 Å². The highest BCUT2D eigenvalue weighted by molar-refractivity contribution is 5.88. The molecule has 4 N–H and O–H groups in total. The van der Waals surface area contributed by atoms with Crippen molar-refractivity contribution in [2.75, 3.05) is 10.4 Å². The van der Waals surface area contributed by atoms with Gasteiger partial charge in [-0.2, -0.15) is 10.2 Å². The Morgan fingerprint density at radius 3 is 3.06 bits per heavy atom. The number of hydrogen-bond donors (Lipinski definition) is 3. The molecule has 0 saturated heterocycles. The van der Waals surface area contributed by atoms with Crippen LogP contribution in [0.15, 0.2) is 41.6 Å². The minimum atomic E-state index is -0.591. The van der Waals surface area contributed by atoms with Crippen molar-refractivity contribution in [1.82, 2.24) is 5.43 Å². The second-order valence-electron chi connectivity index (χ2n) is 3.10. The van der Waals surface area contributed by atoms with Gasteiger partial charge in [-0.05, 0) is 24.3 Å². The maximum atomic E-state index is 10.7. The number of primary amides is 1. The van der Waals surface area contributed by atoms with Crippen molar-refractivity contribution in [2.45, 2.75) is 0 Å². The summed E-state index contributed by atoms with van der Waals surface area (Å²) in [6, 6.07) is 6.57. The summed E-state index contributed by atoms with van der Waals surface area (Å²) in [4.78, 5) is 10.7. The van der Waals surface area contributed by atoms with Gasteiger partial charge in [0.25, 0.3) is 0 Å². The largest absolute Gasteiger partial charge is 0.351 e. The molecule has 0 bridgehead atoms. The van der Waals surface area contributed by atoms with Gasteiger partial charge in [-0.3, -0.25) is 5.43 Å². The minimum Gasteiger partial charge on any atom is -0.351 e. The maximum Gasteiger partial charge on any atom is 0.316 e. The van der Waals surface area contributed by atoms with Crippen LogP contribution in [-0.4, -0.2) is 12.2 Å². The minimum absolute atomic E-state index is 0.591. The first kappa shape index (κ1) is 10.0. The van der Waals surface area contributed by atoms with Gasteiger partial charge in [-0.25, -0.2) is 4.79 Å². The fraction of sp³-hybridized carbons (Fsp3) is 0. The molecule has 1 heterocycles. The molecule has 0 fully saturated rings. The fourth-order valence-electron chi connectivity index (χ4n) is 1.29. The van der Waals surface area contributed by atoms with E-state index in [1.807, 2.05) is 6.07 Å². The smallest absolute Gasteiger partial charge is 0.316 e. The Morgan fingerprint density at radius 2 is 2.38 bits per heavy atom. The van der Waals surface area contributed by atoms with Crippen LogP contribution in [0.5, 0.6) is 0 Å². The molecule has 0 saturated carbocycles. The van der Waals surface area contributed by atoms with E-state index in [-0.39, 0.29) is 0 Å². The summed E-state index contributed by atoms with van der Waals surface area (Å²) < 4.78 is 0. The Bertz CT molecular complexity index is 454. The number of anilines is 2. The van der Waals surface area contributed by atoms with Gasteiger partial charge < -0.3 is 11.1 Å². The molecule has 0 unspecified atom stereocenters. The van der Waals surface area contributed by atoms with Crippen molar-refractivity contribution < 1.29 is 4.79 Å². The average Bonchev–Trinajstić information content (AvgIpc) is 2.30. The number of rotatable bonds is 2. The Hall–Kier alpha value is -2.50. The van der Waals surface area contributed by atoms with Crippen molar-refractivity contribution >= 4 is 23.6 Å². The number of allylic oxidation sites excluding steroid dienone is 1. The SMILES string of the molecule is NC(=O)Nc1cccc(N2N=CC=CN2)c1. The number of urea groups is 1. The monoisotopic (exact) mass is 217 g/mol. The summed E-state index contributed by atoms with van der Waals surface area (Å²) >= 11 is 0. The van der Waals surface area contributed by atoms with E-state index in [2.05, 4.69) is 15.8 Å². The van der Waals surface area contributed by atoms with Crippen LogP contribution in [-0.2, 0) is 0 Å². The Balaban J connectivity index is 2.18. The zero-order valence-electron chi connectivity index (χ0n) is 8.42. The molecule has 2 amide bonds. The van der Waals surface area contributed by atoms with Crippen molar-refractivity contribution in [3.63, 3.8) is 0 Å². The summed E-state index contributed by atoms with van der Waals surface area (Å²) in [5.74, 6) is 0. The third-order valence-electron chi connectivity index (χ3n) is 1.92. The molecule has 1 aromatic carbocycles. The van der Waals surface area contributed by atoms with E-state index in [1.54, 1.807) is 41.8 Å². The second-order valence-corrected chi connectivity index (χ2v) is 3.10. The van der Waals surface area contributed by atoms with E-state index in [1.165, 1.54) is 0 Å². The first-order valence-corrected chi connectivity index (χ1v) is 4.67. The van der Waals surface area contributed by atoms with Gasteiger partial charge in [0, 0.05) is 11.9 Å². The first-order valence-electron chi connectivity index (χ1n) is 4.67. The van der Waals surface area contributed by atoms with E-state index < -0.39 is 6.03 Å². The predicted octanol–water partition coefficient (Wildman–Crippen LogP) is 1.00. The molecule has 6 heteroatoms. The highest BCUT2D eigenvalue weighted by Crippen LogP contribution is 2.18. The predicted molar refractivity (Wildman–Crippen MR) is 62.9 cm³/mol. The van der Waals surface area contributed by atoms with Gasteiger partial charge in [-0.1, -0.05) is 6.07 Å². The number of hydrazone groups is 1. The summed E-state index contributed by atoms with van der Waals surface area (Å²) in [5, 5.41) is 8.16. The molecule has 2 rings (SSSR count). The van der Waals surface area contributed by atoms with E-state index in [0.29, 0.717) is 5.69 Å². The van der Waals surface area contributed by atoms with Crippen molar-refractivity contribution in [3.8, 4) is 0 Å². The standard InChI is InChI=1S/C10H11N5O/c11-10(16)14-8-3-1-4-9(7-8)15-12-5-2-6-13-15/h1-7,12H,(H3,11,14,16). The number of carbonyl (C=O) groups is 1. The van der Waals surface area contributed by atoms with Crippen LogP contribution in [0.2, 0.25) is 0 Å². The molecule has 0 spiro atoms. The van der Waals surface area contributed by atoms with Crippen molar-refractivity contribution in [1.29, 1.82) is 0 Å². The normalized spacial score (nSPS) is 13.4. The number of benzene rings is 1. The van der Waals surface area contributed by atoms with Crippen LogP contribution in [0, 0.1) is 0 Å². The van der Waals surface area contributed by atoms with E-state index in [0.717, 1.165) is 5.69 Å². The summed E-state index contributed by atoms with van der Waals surface area (Å²) in [6.45, 7) is 0. The average molecular weight is 217 g/mol. The Labute approximate surface area is 92.4 Å². The molecule has 82 valence electrons. The van der Waals surface area contributed by atoms with Gasteiger partial charge in [0.05, 0.1) is 11.9 Å². The van der Waals surface area contributed by atoms with Gasteiger partial charge in [0.1, 0.15) is 0 Å². The number of nitrogens with two attached hydrogens (primary N) is 1. The summed E-state index contributed by atoms with van der Waals surface area (Å²) in [5.41, 5.74) is 9.38. The summed E-state index contributed by atoms with van der Waals surface area (Å²) in [7, 11) is 0. The fourth-order valence-corrected chi connectivity index (χ4v) is 1.29. The molecule has 0 aliphatic carbocycles. The Morgan fingerprint density at radius 1 is 1.50 bits per heavy atom. The lowest BCUT2D eigenvalue weighted by molar-refractivity contribution is 0.259. The molecular weight excluding hydrogens is 206 g/mol. The van der Waals surface area contributed by atoms with Crippen LogP contribution in [0.25, 0.3) is 0 Å². The third-order valence-corrected chi connectivity index (χ3v) is 1.92. The van der Waals surface area contributed by atoms with E-state index >= 15 is 0 Å². The van der Waals surface area contributed by atoms with E-state index in [9.17, 15) is 4.79 Å². The molecule has 0 aromatic heterocycles. The highest BCUT2D eigenvalue weighted by atomic mass is 16.2. The van der Waals surface area contributed by atoms with Gasteiger partial charge in [0.2, 0.25) is 0 Å². The topological polar surface area (TPSA) is 82.8 Å². The van der Waals surface area contributed by atoms with Crippen LogP contribution in [0.4, 0.5) is 16.2 Å². The molecule has 0 atom stereocenters. The van der Waals surface area contributed by atoms with Crippen LogP contribution >= 0.6 is 0 Å². The van der Waals surface area contributed by atoms with Crippen LogP contribution in [0.3, 0.4) is 0 Å². The molecule has 6 nitrogen and oxygen atoms in total. The van der Waals surface area contributed by atoms with Crippen molar-refractivity contribution in [2.24, 2.45) is 10.8 Å². The number of nitrogens with zero attached hydrogens (tertiary/aromatic N) is 2. The Kier molecular flexibility index (Phi) is 2.73. The maximum absolute atomic E-state index is 10.7. The molecule has 1 aromatic rings. The lowest BCUT2D eigenvalue weighted by Crippen LogP contribution is -2.30. The third kappa shape index (κ3) is 2.30. The van der Waals surface area contributed by atoms with Crippen molar-refractivity contribution in [3.05, 3.63) is 36.5 Å². The first-order chi connectivity index (χ1) is 7.75. The number of nitrogens with one attached hydrogen (secondary N) is 2. The van der Waals surface area contributed by atoms with Gasteiger partial charge in [-0.15, -0.1) is 0 Å². The lowest BCUT2D eigenvalue weighted by Gasteiger charge is -2.20. The van der Waals surface area contributed by atoms with E-state index in [4.69, 9.17) is 5.73 Å². The summed E-state index contributed by atoms with van der Waals surface area (Å²) in [6.07, 6.45) is 5.19. The molecule has 1 aliphatic heterocycles. The molecule has 0 radical (unpaired) electrons. The number of hydrogen-bond acceptors (Lipinski definition) is 4. The molecular formula is C10H11N5O. The lowest BCUT2D eigenvalue weighted by atomic mass is 10.3. The van der Waals surface area contributed by atoms with Crippen LogP contribution < -0.4 is 21.6 Å². The second kappa shape index (κ2) is 4.35. The number of hydrazine groups is 1. The molecule has 1 aliphatic rings. The highest BCUT2D eigenvalue weighted by Gasteiger charge is 2.05. The number of amides is 2. The van der Waals surface area contributed by atoms with Gasteiger partial charge >= 0.3 is 6.03 Å². The zero-order valence-corrected chi connectivity index (χ0v) is 8.42. The quantitative estimate of drug-likeness (QED) is 0.691. The number of carbonyl (C=O) groups excluding carboxylic acids is 1. The molecule has 16 heavy (non-hydrogen) atoms. The van der Waals surface area contributed by atoms with Crippen LogP contribution in [0.1, 0.15) is 0 Å². The zero-order chi connectivity index (χ0) is 11.4.